The van der Waals surface area contributed by atoms with Gasteiger partial charge < -0.3 is 16.1 Å². The van der Waals surface area contributed by atoms with Crippen LogP contribution in [-0.2, 0) is 0 Å². The molecule has 7 heteroatoms. The Labute approximate surface area is 60.1 Å². The van der Waals surface area contributed by atoms with Crippen molar-refractivity contribution in [1.29, 1.82) is 0 Å². The summed E-state index contributed by atoms with van der Waals surface area (Å²) in [5.74, 6) is 4.35. The first-order chi connectivity index (χ1) is 4.88. The molecule has 0 aromatic rings. The minimum Gasteiger partial charge on any atom is -0.368 e. The van der Waals surface area contributed by atoms with Gasteiger partial charge in [-0.15, -0.1) is 0 Å². The maximum Gasteiger partial charge on any atom is 0.431 e. The number of aliphatic hydroxyl groups excluding tert-OH is 1. The number of nitrogens with zero attached hydrogens (tertiary/aromatic N) is 1. The van der Waals surface area contributed by atoms with Crippen LogP contribution in [0.5, 0.6) is 0 Å². The van der Waals surface area contributed by atoms with Gasteiger partial charge in [0.1, 0.15) is 5.71 Å². The Balaban J connectivity index is 4.21. The minimum absolute atomic E-state index is 1.01. The molecule has 0 amide bonds. The maximum atomic E-state index is 11.6. The molecule has 0 unspecified atom stereocenters. The number of nitrogens with two attached hydrogens (primary N) is 1. The van der Waals surface area contributed by atoms with E-state index in [1.54, 1.807) is 0 Å². The van der Waals surface area contributed by atoms with Crippen molar-refractivity contribution in [3.8, 4) is 0 Å². The van der Waals surface area contributed by atoms with E-state index in [1.165, 1.54) is 0 Å². The highest BCUT2D eigenvalue weighted by Gasteiger charge is 2.36. The van der Waals surface area contributed by atoms with Crippen LogP contribution in [0.4, 0.5) is 13.2 Å². The molecule has 0 aliphatic rings. The van der Waals surface area contributed by atoms with Crippen LogP contribution in [0.1, 0.15) is 6.42 Å². The Hall–Kier alpha value is -0.820. The van der Waals surface area contributed by atoms with Gasteiger partial charge in [-0.1, -0.05) is 0 Å². The lowest BCUT2D eigenvalue weighted by molar-refractivity contribution is -0.0746. The molecule has 0 aromatic carbocycles. The fourth-order valence-corrected chi connectivity index (χ4v) is 0.415. The van der Waals surface area contributed by atoms with E-state index in [1.807, 2.05) is 0 Å². The number of aliphatic hydroxyl groups is 2. The lowest BCUT2D eigenvalue weighted by Crippen LogP contribution is -2.28. The van der Waals surface area contributed by atoms with Crippen LogP contribution in [0.2, 0.25) is 0 Å². The Morgan fingerprint density at radius 2 is 1.91 bits per heavy atom. The van der Waals surface area contributed by atoms with Gasteiger partial charge in [0.2, 0.25) is 0 Å². The monoisotopic (exact) mass is 172 g/mol. The molecule has 0 atom stereocenters. The second kappa shape index (κ2) is 3.54. The molecular weight excluding hydrogens is 165 g/mol. The minimum atomic E-state index is -4.70. The molecule has 66 valence electrons. The number of rotatable bonds is 2. The van der Waals surface area contributed by atoms with E-state index in [-0.39, 0.29) is 0 Å². The number of halogens is 3. The molecule has 0 aromatic heterocycles. The summed E-state index contributed by atoms with van der Waals surface area (Å²) in [7, 11) is 0. The molecule has 11 heavy (non-hydrogen) atoms. The Kier molecular flexibility index (Phi) is 3.27. The molecule has 0 bridgehead atoms. The van der Waals surface area contributed by atoms with Gasteiger partial charge in [0.15, 0.2) is 6.29 Å². The van der Waals surface area contributed by atoms with Crippen molar-refractivity contribution >= 4 is 5.71 Å². The fraction of sp³-hybridized carbons (Fsp3) is 0.750. The van der Waals surface area contributed by atoms with Gasteiger partial charge in [0.25, 0.3) is 0 Å². The summed E-state index contributed by atoms with van der Waals surface area (Å²) >= 11 is 0. The summed E-state index contributed by atoms with van der Waals surface area (Å²) < 4.78 is 34.9. The molecule has 0 aliphatic heterocycles. The zero-order valence-corrected chi connectivity index (χ0v) is 5.34. The van der Waals surface area contributed by atoms with Crippen molar-refractivity contribution in [2.45, 2.75) is 18.9 Å². The standard InChI is InChI=1S/C4H7F3N2O2/c5-4(6,7)2(9-8)1-3(10)11/h3,10-11H,1,8H2/b9-2-. The highest BCUT2D eigenvalue weighted by Crippen LogP contribution is 2.19. The normalized spacial score (nSPS) is 14.2. The summed E-state index contributed by atoms with van der Waals surface area (Å²) in [6, 6.07) is 0. The van der Waals surface area contributed by atoms with Crippen LogP contribution < -0.4 is 5.84 Å². The lowest BCUT2D eigenvalue weighted by Gasteiger charge is -2.09. The van der Waals surface area contributed by atoms with E-state index in [0.717, 1.165) is 0 Å². The van der Waals surface area contributed by atoms with Crippen LogP contribution in [-0.4, -0.2) is 28.4 Å². The van der Waals surface area contributed by atoms with Crippen molar-refractivity contribution in [1.82, 2.24) is 0 Å². The van der Waals surface area contributed by atoms with Crippen LogP contribution in [0, 0.1) is 0 Å². The number of hydrogen-bond acceptors (Lipinski definition) is 4. The zero-order chi connectivity index (χ0) is 9.07. The molecule has 4 N–H and O–H groups in total. The largest absolute Gasteiger partial charge is 0.431 e. The molecule has 0 rings (SSSR count). The molecule has 0 saturated heterocycles. The van der Waals surface area contributed by atoms with Crippen molar-refractivity contribution in [3.05, 3.63) is 0 Å². The average molecular weight is 172 g/mol. The van der Waals surface area contributed by atoms with Crippen LogP contribution in [0.25, 0.3) is 0 Å². The van der Waals surface area contributed by atoms with Crippen molar-refractivity contribution in [2.24, 2.45) is 10.9 Å². The Morgan fingerprint density at radius 3 is 2.00 bits per heavy atom. The second-order valence-corrected chi connectivity index (χ2v) is 1.76. The molecule has 0 saturated carbocycles. The first kappa shape index (κ1) is 10.2. The Morgan fingerprint density at radius 1 is 1.45 bits per heavy atom. The smallest absolute Gasteiger partial charge is 0.368 e. The SMILES string of the molecule is N/N=C(/CC(O)O)C(F)(F)F. The molecule has 0 spiro atoms. The number of hydrazone groups is 1. The summed E-state index contributed by atoms with van der Waals surface area (Å²) in [6.07, 6.45) is -7.79. The van der Waals surface area contributed by atoms with Crippen LogP contribution >= 0.6 is 0 Å². The van der Waals surface area contributed by atoms with Gasteiger partial charge in [-0.05, 0) is 0 Å². The van der Waals surface area contributed by atoms with Gasteiger partial charge >= 0.3 is 6.18 Å². The van der Waals surface area contributed by atoms with E-state index in [2.05, 4.69) is 10.9 Å². The molecule has 0 heterocycles. The molecule has 0 fully saturated rings. The average Bonchev–Trinajstić information content (AvgIpc) is 1.79. The zero-order valence-electron chi connectivity index (χ0n) is 5.34. The van der Waals surface area contributed by atoms with Crippen molar-refractivity contribution < 1.29 is 23.4 Å². The third-order valence-electron chi connectivity index (χ3n) is 0.859. The van der Waals surface area contributed by atoms with E-state index < -0.39 is 24.6 Å². The van der Waals surface area contributed by atoms with Crippen molar-refractivity contribution in [2.75, 3.05) is 0 Å². The van der Waals surface area contributed by atoms with Gasteiger partial charge in [-0.25, -0.2) is 0 Å². The first-order valence-electron chi connectivity index (χ1n) is 2.58. The lowest BCUT2D eigenvalue weighted by atomic mass is 10.2. The topological polar surface area (TPSA) is 78.8 Å². The summed E-state index contributed by atoms with van der Waals surface area (Å²) in [6.45, 7) is 0. The van der Waals surface area contributed by atoms with E-state index in [9.17, 15) is 13.2 Å². The summed E-state index contributed by atoms with van der Waals surface area (Å²) in [5, 5.41) is 18.6. The molecule has 4 nitrogen and oxygen atoms in total. The third-order valence-corrected chi connectivity index (χ3v) is 0.859. The van der Waals surface area contributed by atoms with Gasteiger partial charge in [-0.3, -0.25) is 0 Å². The van der Waals surface area contributed by atoms with Gasteiger partial charge in [0, 0.05) is 6.42 Å². The van der Waals surface area contributed by atoms with Gasteiger partial charge in [0.05, 0.1) is 0 Å². The number of alkyl halides is 3. The predicted octanol–water partition coefficient (Wildman–Crippen LogP) is -0.436. The highest BCUT2D eigenvalue weighted by molar-refractivity contribution is 5.89. The van der Waals surface area contributed by atoms with E-state index >= 15 is 0 Å². The second-order valence-electron chi connectivity index (χ2n) is 1.76. The fourth-order valence-electron chi connectivity index (χ4n) is 0.415. The first-order valence-corrected chi connectivity index (χ1v) is 2.58. The summed E-state index contributed by atoms with van der Waals surface area (Å²) in [5.41, 5.74) is -1.40. The van der Waals surface area contributed by atoms with Gasteiger partial charge in [-0.2, -0.15) is 18.3 Å². The van der Waals surface area contributed by atoms with Crippen LogP contribution in [0.15, 0.2) is 5.10 Å². The number of hydrogen-bond donors (Lipinski definition) is 3. The quantitative estimate of drug-likeness (QED) is 0.229. The third kappa shape index (κ3) is 3.79. The highest BCUT2D eigenvalue weighted by atomic mass is 19.4. The van der Waals surface area contributed by atoms with E-state index in [0.29, 0.717) is 0 Å². The van der Waals surface area contributed by atoms with Crippen molar-refractivity contribution in [3.63, 3.8) is 0 Å². The predicted molar refractivity (Wildman–Crippen MR) is 30.5 cm³/mol. The molecular formula is C4H7F3N2O2. The van der Waals surface area contributed by atoms with E-state index in [4.69, 9.17) is 10.2 Å². The summed E-state index contributed by atoms with van der Waals surface area (Å²) in [4.78, 5) is 0. The Bertz CT molecular complexity index is 154. The maximum absolute atomic E-state index is 11.6. The molecule has 0 radical (unpaired) electrons. The molecule has 0 aliphatic carbocycles. The van der Waals surface area contributed by atoms with Crippen LogP contribution in [0.3, 0.4) is 0 Å².